The first-order valence-corrected chi connectivity index (χ1v) is 9.89. The van der Waals surface area contributed by atoms with Gasteiger partial charge in [-0.1, -0.05) is 17.3 Å². The zero-order valence-corrected chi connectivity index (χ0v) is 17.1. The fraction of sp³-hybridized carbons (Fsp3) is 0.273. The Labute approximate surface area is 176 Å². The summed E-state index contributed by atoms with van der Waals surface area (Å²) < 4.78 is 19.0. The van der Waals surface area contributed by atoms with E-state index in [4.69, 9.17) is 14.0 Å². The summed E-state index contributed by atoms with van der Waals surface area (Å²) in [6.45, 7) is 0.0473. The lowest BCUT2D eigenvalue weighted by atomic mass is 10.2. The summed E-state index contributed by atoms with van der Waals surface area (Å²) in [5.41, 5.74) is 0.515. The molecule has 31 heavy (non-hydrogen) atoms. The fourth-order valence-corrected chi connectivity index (χ4v) is 3.70. The molecule has 0 atom stereocenters. The Bertz CT molecular complexity index is 1400. The molecule has 0 bridgehead atoms. The highest BCUT2D eigenvalue weighted by Gasteiger charge is 2.29. The number of ether oxygens (including phenoxy) is 2. The SMILES string of the molecule is COc1ccc(OC)c(-c2noc(Cn3c(=O)n(C4CC4)c(=O)c4ccccc43)n2)c1. The van der Waals surface area contributed by atoms with Gasteiger partial charge in [0.1, 0.15) is 18.0 Å². The minimum absolute atomic E-state index is 0.0462. The highest BCUT2D eigenvalue weighted by molar-refractivity contribution is 5.78. The van der Waals surface area contributed by atoms with Crippen molar-refractivity contribution in [2.45, 2.75) is 25.4 Å². The summed E-state index contributed by atoms with van der Waals surface area (Å²) in [5.74, 6) is 1.76. The normalized spacial score (nSPS) is 13.5. The molecule has 2 heterocycles. The number of hydrogen-bond acceptors (Lipinski definition) is 7. The largest absolute Gasteiger partial charge is 0.497 e. The first-order chi connectivity index (χ1) is 15.1. The molecule has 2 aromatic carbocycles. The predicted molar refractivity (Wildman–Crippen MR) is 113 cm³/mol. The van der Waals surface area contributed by atoms with E-state index in [1.165, 1.54) is 9.13 Å². The van der Waals surface area contributed by atoms with Crippen LogP contribution < -0.4 is 20.7 Å². The van der Waals surface area contributed by atoms with E-state index in [1.807, 2.05) is 0 Å². The highest BCUT2D eigenvalue weighted by Crippen LogP contribution is 2.33. The second-order valence-corrected chi connectivity index (χ2v) is 7.37. The average Bonchev–Trinajstić information content (AvgIpc) is 3.52. The molecule has 9 heteroatoms. The summed E-state index contributed by atoms with van der Waals surface area (Å²) >= 11 is 0. The van der Waals surface area contributed by atoms with Gasteiger partial charge in [-0.05, 0) is 43.2 Å². The first-order valence-electron chi connectivity index (χ1n) is 9.89. The van der Waals surface area contributed by atoms with Crippen LogP contribution in [0.2, 0.25) is 0 Å². The molecule has 1 aliphatic carbocycles. The van der Waals surface area contributed by atoms with Crippen LogP contribution in [0.5, 0.6) is 11.5 Å². The Morgan fingerprint density at radius 1 is 1.10 bits per heavy atom. The van der Waals surface area contributed by atoms with Crippen molar-refractivity contribution in [2.75, 3.05) is 14.2 Å². The lowest BCUT2D eigenvalue weighted by Gasteiger charge is -2.12. The molecule has 0 N–H and O–H groups in total. The number of methoxy groups -OCH3 is 2. The molecule has 1 fully saturated rings. The lowest BCUT2D eigenvalue weighted by Crippen LogP contribution is -2.39. The summed E-state index contributed by atoms with van der Waals surface area (Å²) in [5, 5.41) is 4.55. The van der Waals surface area contributed by atoms with Crippen LogP contribution in [0.3, 0.4) is 0 Å². The monoisotopic (exact) mass is 420 g/mol. The topological polar surface area (TPSA) is 101 Å². The van der Waals surface area contributed by atoms with Crippen LogP contribution in [-0.4, -0.2) is 33.5 Å². The number of aromatic nitrogens is 4. The van der Waals surface area contributed by atoms with Crippen LogP contribution in [-0.2, 0) is 6.54 Å². The van der Waals surface area contributed by atoms with E-state index in [9.17, 15) is 9.59 Å². The molecule has 0 unspecified atom stereocenters. The zero-order chi connectivity index (χ0) is 21.5. The summed E-state index contributed by atoms with van der Waals surface area (Å²) in [4.78, 5) is 30.4. The second kappa shape index (κ2) is 7.42. The van der Waals surface area contributed by atoms with Crippen LogP contribution in [0.4, 0.5) is 0 Å². The standard InChI is InChI=1S/C22H20N4O5/c1-29-14-9-10-18(30-2)16(11-14)20-23-19(31-24-20)12-25-17-6-4-3-5-15(17)21(27)26(22(25)28)13-7-8-13/h3-6,9-11,13H,7-8,12H2,1-2H3. The van der Waals surface area contributed by atoms with Crippen LogP contribution in [0, 0.1) is 0 Å². The van der Waals surface area contributed by atoms with E-state index in [0.29, 0.717) is 33.8 Å². The number of fused-ring (bicyclic) bond motifs is 1. The van der Waals surface area contributed by atoms with Crippen molar-refractivity contribution in [3.63, 3.8) is 0 Å². The summed E-state index contributed by atoms with van der Waals surface area (Å²) in [6, 6.07) is 12.3. The maximum atomic E-state index is 13.1. The fourth-order valence-electron chi connectivity index (χ4n) is 3.70. The molecule has 0 spiro atoms. The number of hydrogen-bond donors (Lipinski definition) is 0. The quantitative estimate of drug-likeness (QED) is 0.472. The van der Waals surface area contributed by atoms with Crippen molar-refractivity contribution in [3.05, 3.63) is 69.2 Å². The van der Waals surface area contributed by atoms with E-state index in [-0.39, 0.29) is 29.7 Å². The van der Waals surface area contributed by atoms with E-state index in [0.717, 1.165) is 12.8 Å². The van der Waals surface area contributed by atoms with Gasteiger partial charge in [0, 0.05) is 6.04 Å². The molecule has 158 valence electrons. The van der Waals surface area contributed by atoms with Gasteiger partial charge in [-0.25, -0.2) is 4.79 Å². The van der Waals surface area contributed by atoms with Crippen molar-refractivity contribution in [1.82, 2.24) is 19.3 Å². The van der Waals surface area contributed by atoms with Crippen molar-refractivity contribution in [3.8, 4) is 22.9 Å². The minimum Gasteiger partial charge on any atom is -0.497 e. The third kappa shape index (κ3) is 3.27. The second-order valence-electron chi connectivity index (χ2n) is 7.37. The van der Waals surface area contributed by atoms with Crippen molar-refractivity contribution in [2.24, 2.45) is 0 Å². The summed E-state index contributed by atoms with van der Waals surface area (Å²) in [7, 11) is 3.12. The smallest absolute Gasteiger partial charge is 0.332 e. The van der Waals surface area contributed by atoms with Crippen LogP contribution in [0.15, 0.2) is 56.6 Å². The Balaban J connectivity index is 1.59. The molecule has 0 radical (unpaired) electrons. The average molecular weight is 420 g/mol. The van der Waals surface area contributed by atoms with E-state index < -0.39 is 0 Å². The summed E-state index contributed by atoms with van der Waals surface area (Å²) in [6.07, 6.45) is 1.65. The molecule has 0 amide bonds. The van der Waals surface area contributed by atoms with Crippen molar-refractivity contribution < 1.29 is 14.0 Å². The Hall–Kier alpha value is -3.88. The van der Waals surface area contributed by atoms with Gasteiger partial charge >= 0.3 is 5.69 Å². The molecule has 0 saturated heterocycles. The van der Waals surface area contributed by atoms with Gasteiger partial charge in [0.15, 0.2) is 0 Å². The van der Waals surface area contributed by atoms with E-state index >= 15 is 0 Å². The van der Waals surface area contributed by atoms with Crippen molar-refractivity contribution in [1.29, 1.82) is 0 Å². The predicted octanol–water partition coefficient (Wildman–Crippen LogP) is 2.61. The van der Waals surface area contributed by atoms with E-state index in [1.54, 1.807) is 56.7 Å². The van der Waals surface area contributed by atoms with Crippen LogP contribution in [0.1, 0.15) is 24.8 Å². The van der Waals surface area contributed by atoms with Gasteiger partial charge in [0.25, 0.3) is 5.56 Å². The Kier molecular flexibility index (Phi) is 4.58. The van der Waals surface area contributed by atoms with Gasteiger partial charge in [0.2, 0.25) is 11.7 Å². The maximum absolute atomic E-state index is 13.1. The molecule has 2 aromatic heterocycles. The number of para-hydroxylation sites is 1. The Morgan fingerprint density at radius 3 is 2.65 bits per heavy atom. The number of rotatable bonds is 6. The van der Waals surface area contributed by atoms with Gasteiger partial charge < -0.3 is 14.0 Å². The van der Waals surface area contributed by atoms with Gasteiger partial charge in [-0.3, -0.25) is 13.9 Å². The Morgan fingerprint density at radius 2 is 1.90 bits per heavy atom. The molecule has 1 saturated carbocycles. The molecule has 9 nitrogen and oxygen atoms in total. The van der Waals surface area contributed by atoms with Crippen molar-refractivity contribution >= 4 is 10.9 Å². The number of benzene rings is 2. The van der Waals surface area contributed by atoms with Crippen LogP contribution >= 0.6 is 0 Å². The number of nitrogens with zero attached hydrogens (tertiary/aromatic N) is 4. The van der Waals surface area contributed by atoms with Crippen LogP contribution in [0.25, 0.3) is 22.3 Å². The maximum Gasteiger partial charge on any atom is 0.332 e. The minimum atomic E-state index is -0.370. The van der Waals surface area contributed by atoms with E-state index in [2.05, 4.69) is 10.1 Å². The molecule has 5 rings (SSSR count). The molecule has 1 aliphatic rings. The van der Waals surface area contributed by atoms with Gasteiger partial charge in [0.05, 0.1) is 30.7 Å². The third-order valence-corrected chi connectivity index (χ3v) is 5.40. The van der Waals surface area contributed by atoms with Gasteiger partial charge in [-0.15, -0.1) is 0 Å². The van der Waals surface area contributed by atoms with Gasteiger partial charge in [-0.2, -0.15) is 4.98 Å². The third-order valence-electron chi connectivity index (χ3n) is 5.40. The molecular weight excluding hydrogens is 400 g/mol. The molecule has 4 aromatic rings. The molecular formula is C22H20N4O5. The zero-order valence-electron chi connectivity index (χ0n) is 17.1. The lowest BCUT2D eigenvalue weighted by molar-refractivity contribution is 0.368. The first kappa shape index (κ1) is 19.1. The molecule has 0 aliphatic heterocycles. The highest BCUT2D eigenvalue weighted by atomic mass is 16.5.